The second-order valence-corrected chi connectivity index (χ2v) is 6.35. The van der Waals surface area contributed by atoms with Gasteiger partial charge in [0.15, 0.2) is 0 Å². The van der Waals surface area contributed by atoms with Crippen molar-refractivity contribution in [2.45, 2.75) is 51.6 Å². The van der Waals surface area contributed by atoms with Crippen molar-refractivity contribution in [1.82, 2.24) is 4.90 Å². The fourth-order valence-corrected chi connectivity index (χ4v) is 3.46. The third-order valence-corrected chi connectivity index (χ3v) is 4.63. The lowest BCUT2D eigenvalue weighted by Crippen LogP contribution is -2.44. The first kappa shape index (κ1) is 15.1. The van der Waals surface area contributed by atoms with Crippen molar-refractivity contribution in [2.75, 3.05) is 13.1 Å². The molecule has 1 aromatic heterocycles. The molecule has 3 rings (SSSR count). The molecule has 1 aliphatic heterocycles. The van der Waals surface area contributed by atoms with Crippen molar-refractivity contribution in [3.63, 3.8) is 0 Å². The van der Waals surface area contributed by atoms with Crippen LogP contribution in [-0.2, 0) is 4.79 Å². The molecule has 120 valence electrons. The summed E-state index contributed by atoms with van der Waals surface area (Å²) in [6.45, 7) is 3.23. The van der Waals surface area contributed by atoms with Crippen molar-refractivity contribution >= 4 is 5.91 Å². The lowest BCUT2D eigenvalue weighted by atomic mass is 10.0. The van der Waals surface area contributed by atoms with Crippen molar-refractivity contribution in [1.29, 1.82) is 0 Å². The first-order valence-corrected chi connectivity index (χ1v) is 8.19. The molecule has 1 aromatic rings. The monoisotopic (exact) mass is 305 g/mol. The summed E-state index contributed by atoms with van der Waals surface area (Å²) in [6, 6.07) is 3.11. The molecule has 0 aromatic carbocycles. The Morgan fingerprint density at radius 1 is 1.18 bits per heavy atom. The lowest BCUT2D eigenvalue weighted by Gasteiger charge is -2.33. The van der Waals surface area contributed by atoms with Gasteiger partial charge in [-0.3, -0.25) is 4.79 Å². The van der Waals surface area contributed by atoms with Crippen LogP contribution in [0.2, 0.25) is 0 Å². The van der Waals surface area contributed by atoms with Crippen molar-refractivity contribution in [3.05, 3.63) is 28.3 Å². The number of hydrogen-bond acceptors (Lipinski definition) is 4. The minimum atomic E-state index is -0.385. The van der Waals surface area contributed by atoms with E-state index in [1.165, 1.54) is 18.9 Å². The molecule has 2 aliphatic rings. The second kappa shape index (κ2) is 6.55. The number of ether oxygens (including phenoxy) is 1. The molecule has 1 saturated carbocycles. The van der Waals surface area contributed by atoms with E-state index in [9.17, 15) is 9.59 Å². The summed E-state index contributed by atoms with van der Waals surface area (Å²) in [7, 11) is 0. The fourth-order valence-electron chi connectivity index (χ4n) is 3.46. The number of carbonyl (C=O) groups is 1. The van der Waals surface area contributed by atoms with Crippen LogP contribution in [0, 0.1) is 12.8 Å². The molecule has 2 heterocycles. The smallest absolute Gasteiger partial charge is 0.339 e. The number of amides is 1. The Balaban J connectivity index is 1.53. The molecule has 22 heavy (non-hydrogen) atoms. The third kappa shape index (κ3) is 3.51. The number of aryl methyl sites for hydroxylation is 1. The quantitative estimate of drug-likeness (QED) is 0.861. The Hall–Kier alpha value is -1.78. The van der Waals surface area contributed by atoms with Gasteiger partial charge in [0.05, 0.1) is 6.07 Å². The molecule has 0 bridgehead atoms. The molecule has 1 aliphatic carbocycles. The number of carbonyl (C=O) groups excluding carboxylic acids is 1. The summed E-state index contributed by atoms with van der Waals surface area (Å²) >= 11 is 0. The van der Waals surface area contributed by atoms with E-state index in [1.807, 2.05) is 4.90 Å². The number of rotatable bonds is 3. The number of nitrogens with zero attached hydrogens (tertiary/aromatic N) is 1. The van der Waals surface area contributed by atoms with Crippen molar-refractivity contribution < 1.29 is 13.9 Å². The highest BCUT2D eigenvalue weighted by atomic mass is 16.5. The summed E-state index contributed by atoms with van der Waals surface area (Å²) < 4.78 is 10.8. The molecule has 1 saturated heterocycles. The zero-order chi connectivity index (χ0) is 15.5. The number of hydrogen-bond donors (Lipinski definition) is 0. The Labute approximate surface area is 130 Å². The minimum absolute atomic E-state index is 0.0637. The zero-order valence-corrected chi connectivity index (χ0v) is 13.0. The lowest BCUT2D eigenvalue weighted by molar-refractivity contribution is -0.137. The summed E-state index contributed by atoms with van der Waals surface area (Å²) in [4.78, 5) is 25.7. The molecule has 0 unspecified atom stereocenters. The van der Waals surface area contributed by atoms with Gasteiger partial charge < -0.3 is 14.1 Å². The summed E-state index contributed by atoms with van der Waals surface area (Å²) in [5.74, 6) is 1.69. The maximum Gasteiger partial charge on any atom is 0.339 e. The molecular formula is C17H23NO4. The molecule has 5 heteroatoms. The second-order valence-electron chi connectivity index (χ2n) is 6.35. The van der Waals surface area contributed by atoms with Crippen LogP contribution in [0.4, 0.5) is 0 Å². The van der Waals surface area contributed by atoms with E-state index >= 15 is 0 Å². The standard InChI is InChI=1S/C17H23NO4/c1-12-10-15(11-16(19)21-12)22-14-6-8-18(9-7-14)17(20)13-4-2-3-5-13/h10-11,13-14H,2-9H2,1H3. The normalized spacial score (nSPS) is 20.3. The molecule has 0 spiro atoms. The Bertz CT molecular complexity index is 581. The Morgan fingerprint density at radius 2 is 1.86 bits per heavy atom. The van der Waals surface area contributed by atoms with E-state index in [-0.39, 0.29) is 17.6 Å². The highest BCUT2D eigenvalue weighted by Gasteiger charge is 2.30. The minimum Gasteiger partial charge on any atom is -0.490 e. The maximum absolute atomic E-state index is 12.4. The largest absolute Gasteiger partial charge is 0.490 e. The average molecular weight is 305 g/mol. The molecule has 2 fully saturated rings. The first-order chi connectivity index (χ1) is 10.6. The maximum atomic E-state index is 12.4. The van der Waals surface area contributed by atoms with E-state index in [0.717, 1.165) is 38.8 Å². The molecule has 0 atom stereocenters. The van der Waals surface area contributed by atoms with E-state index in [4.69, 9.17) is 9.15 Å². The molecular weight excluding hydrogens is 282 g/mol. The van der Waals surface area contributed by atoms with Crippen LogP contribution < -0.4 is 10.4 Å². The van der Waals surface area contributed by atoms with E-state index in [1.54, 1.807) is 13.0 Å². The van der Waals surface area contributed by atoms with Crippen LogP contribution in [0.1, 0.15) is 44.3 Å². The number of piperidine rings is 1. The van der Waals surface area contributed by atoms with Gasteiger partial charge in [-0.15, -0.1) is 0 Å². The van der Waals surface area contributed by atoms with Crippen LogP contribution in [-0.4, -0.2) is 30.0 Å². The van der Waals surface area contributed by atoms with Gasteiger partial charge in [0.25, 0.3) is 0 Å². The highest BCUT2D eigenvalue weighted by molar-refractivity contribution is 5.79. The van der Waals surface area contributed by atoms with Crippen LogP contribution in [0.25, 0.3) is 0 Å². The van der Waals surface area contributed by atoms with Crippen LogP contribution >= 0.6 is 0 Å². The third-order valence-electron chi connectivity index (χ3n) is 4.63. The van der Waals surface area contributed by atoms with Gasteiger partial charge in [0.1, 0.15) is 17.6 Å². The topological polar surface area (TPSA) is 59.8 Å². The molecule has 0 radical (unpaired) electrons. The van der Waals surface area contributed by atoms with Gasteiger partial charge in [-0.05, 0) is 19.8 Å². The van der Waals surface area contributed by atoms with Crippen molar-refractivity contribution in [2.24, 2.45) is 5.92 Å². The molecule has 0 N–H and O–H groups in total. The van der Waals surface area contributed by atoms with Gasteiger partial charge in [0, 0.05) is 37.9 Å². The van der Waals surface area contributed by atoms with Crippen molar-refractivity contribution in [3.8, 4) is 5.75 Å². The Morgan fingerprint density at radius 3 is 2.50 bits per heavy atom. The fraction of sp³-hybridized carbons (Fsp3) is 0.647. The van der Waals surface area contributed by atoms with E-state index < -0.39 is 0 Å². The average Bonchev–Trinajstić information content (AvgIpc) is 3.00. The summed E-state index contributed by atoms with van der Waals surface area (Å²) in [5, 5.41) is 0. The van der Waals surface area contributed by atoms with E-state index in [2.05, 4.69) is 0 Å². The Kier molecular flexibility index (Phi) is 4.50. The van der Waals surface area contributed by atoms with Crippen LogP contribution in [0.15, 0.2) is 21.3 Å². The van der Waals surface area contributed by atoms with Gasteiger partial charge in [-0.25, -0.2) is 4.79 Å². The first-order valence-electron chi connectivity index (χ1n) is 8.19. The molecule has 1 amide bonds. The SMILES string of the molecule is Cc1cc(OC2CCN(C(=O)C3CCCC3)CC2)cc(=O)o1. The number of likely N-dealkylation sites (tertiary alicyclic amines) is 1. The summed E-state index contributed by atoms with van der Waals surface area (Å²) in [5.41, 5.74) is -0.385. The van der Waals surface area contributed by atoms with Crippen LogP contribution in [0.5, 0.6) is 5.75 Å². The van der Waals surface area contributed by atoms with Gasteiger partial charge in [-0.1, -0.05) is 12.8 Å². The van der Waals surface area contributed by atoms with E-state index in [0.29, 0.717) is 17.4 Å². The highest BCUT2D eigenvalue weighted by Crippen LogP contribution is 2.28. The zero-order valence-electron chi connectivity index (χ0n) is 13.0. The van der Waals surface area contributed by atoms with Crippen LogP contribution in [0.3, 0.4) is 0 Å². The van der Waals surface area contributed by atoms with Gasteiger partial charge in [0.2, 0.25) is 5.91 Å². The molecule has 5 nitrogen and oxygen atoms in total. The summed E-state index contributed by atoms with van der Waals surface area (Å²) in [6.07, 6.45) is 6.17. The van der Waals surface area contributed by atoms with Gasteiger partial charge in [-0.2, -0.15) is 0 Å². The predicted molar refractivity (Wildman–Crippen MR) is 81.9 cm³/mol. The predicted octanol–water partition coefficient (Wildman–Crippen LogP) is 2.51. The van der Waals surface area contributed by atoms with Gasteiger partial charge >= 0.3 is 5.63 Å².